The van der Waals surface area contributed by atoms with E-state index in [9.17, 15) is 0 Å². The van der Waals surface area contributed by atoms with Gasteiger partial charge < -0.3 is 5.32 Å². The second-order valence-electron chi connectivity index (χ2n) is 5.88. The van der Waals surface area contributed by atoms with Gasteiger partial charge in [-0.1, -0.05) is 39.0 Å². The molecule has 1 aliphatic rings. The summed E-state index contributed by atoms with van der Waals surface area (Å²) in [5.41, 5.74) is 2.52. The Kier molecular flexibility index (Phi) is 5.44. The Labute approximate surface area is 117 Å². The van der Waals surface area contributed by atoms with Gasteiger partial charge in [0.2, 0.25) is 0 Å². The molecule has 0 bridgehead atoms. The molecule has 0 aliphatic heterocycles. The van der Waals surface area contributed by atoms with E-state index in [4.69, 9.17) is 0 Å². The highest BCUT2D eigenvalue weighted by molar-refractivity contribution is 5.13. The summed E-state index contributed by atoms with van der Waals surface area (Å²) in [6.45, 7) is 8.48. The summed E-state index contributed by atoms with van der Waals surface area (Å²) in [4.78, 5) is 0. The quantitative estimate of drug-likeness (QED) is 0.845. The van der Waals surface area contributed by atoms with E-state index in [2.05, 4.69) is 41.9 Å². The molecule has 0 radical (unpaired) electrons. The first-order valence-corrected chi connectivity index (χ1v) is 8.02. The van der Waals surface area contributed by atoms with Crippen LogP contribution in [0.3, 0.4) is 0 Å². The maximum absolute atomic E-state index is 4.60. The summed E-state index contributed by atoms with van der Waals surface area (Å²) >= 11 is 0. The van der Waals surface area contributed by atoms with Gasteiger partial charge in [0.25, 0.3) is 0 Å². The molecule has 0 saturated heterocycles. The van der Waals surface area contributed by atoms with Gasteiger partial charge in [0, 0.05) is 12.6 Å². The number of nitrogens with one attached hydrogen (secondary N) is 1. The number of hydrogen-bond acceptors (Lipinski definition) is 2. The van der Waals surface area contributed by atoms with Crippen LogP contribution in [-0.4, -0.2) is 16.3 Å². The molecule has 0 spiro atoms. The van der Waals surface area contributed by atoms with Crippen molar-refractivity contribution in [2.45, 2.75) is 71.9 Å². The van der Waals surface area contributed by atoms with Crippen molar-refractivity contribution in [2.24, 2.45) is 5.92 Å². The first-order valence-electron chi connectivity index (χ1n) is 8.02. The lowest BCUT2D eigenvalue weighted by Gasteiger charge is -2.27. The second kappa shape index (κ2) is 7.09. The van der Waals surface area contributed by atoms with Crippen molar-refractivity contribution in [3.8, 4) is 0 Å². The van der Waals surface area contributed by atoms with Crippen LogP contribution in [0.1, 0.15) is 69.8 Å². The Bertz CT molecular complexity index is 377. The van der Waals surface area contributed by atoms with Crippen molar-refractivity contribution < 1.29 is 0 Å². The molecule has 1 heterocycles. The third kappa shape index (κ3) is 3.82. The van der Waals surface area contributed by atoms with E-state index >= 15 is 0 Å². The molecule has 1 aromatic heterocycles. The van der Waals surface area contributed by atoms with Crippen LogP contribution >= 0.6 is 0 Å². The summed E-state index contributed by atoms with van der Waals surface area (Å²) < 4.78 is 2.17. The first kappa shape index (κ1) is 14.6. The maximum atomic E-state index is 4.60. The Morgan fingerprint density at radius 2 is 2.05 bits per heavy atom. The van der Waals surface area contributed by atoms with Crippen molar-refractivity contribution in [1.29, 1.82) is 0 Å². The zero-order chi connectivity index (χ0) is 13.7. The lowest BCUT2D eigenvalue weighted by Crippen LogP contribution is -2.26. The van der Waals surface area contributed by atoms with Gasteiger partial charge in [-0.25, -0.2) is 0 Å². The molecule has 1 fully saturated rings. The largest absolute Gasteiger partial charge is 0.309 e. The SMILES string of the molecule is CCNC(CC1CCCCC1)c1cc(C)nn1CC. The van der Waals surface area contributed by atoms with Crippen LogP contribution < -0.4 is 5.32 Å². The smallest absolute Gasteiger partial charge is 0.0597 e. The fourth-order valence-corrected chi connectivity index (χ4v) is 3.41. The minimum absolute atomic E-state index is 0.481. The summed E-state index contributed by atoms with van der Waals surface area (Å²) in [6, 6.07) is 2.74. The molecule has 1 saturated carbocycles. The van der Waals surface area contributed by atoms with Crippen LogP contribution in [0.4, 0.5) is 0 Å². The fourth-order valence-electron chi connectivity index (χ4n) is 3.41. The van der Waals surface area contributed by atoms with E-state index in [0.29, 0.717) is 6.04 Å². The zero-order valence-corrected chi connectivity index (χ0v) is 12.8. The number of hydrogen-bond donors (Lipinski definition) is 1. The maximum Gasteiger partial charge on any atom is 0.0597 e. The van der Waals surface area contributed by atoms with Gasteiger partial charge in [0.1, 0.15) is 0 Å². The van der Waals surface area contributed by atoms with E-state index in [1.807, 2.05) is 0 Å². The Hall–Kier alpha value is -0.830. The highest BCUT2D eigenvalue weighted by atomic mass is 15.3. The lowest BCUT2D eigenvalue weighted by molar-refractivity contribution is 0.295. The molecule has 1 N–H and O–H groups in total. The van der Waals surface area contributed by atoms with Gasteiger partial charge in [-0.2, -0.15) is 5.10 Å². The van der Waals surface area contributed by atoms with Crippen LogP contribution in [0.15, 0.2) is 6.07 Å². The molecule has 3 heteroatoms. The lowest BCUT2D eigenvalue weighted by atomic mass is 9.84. The van der Waals surface area contributed by atoms with E-state index in [1.165, 1.54) is 44.2 Å². The van der Waals surface area contributed by atoms with Crippen molar-refractivity contribution in [3.63, 3.8) is 0 Å². The highest BCUT2D eigenvalue weighted by Gasteiger charge is 2.22. The van der Waals surface area contributed by atoms with Crippen LogP contribution in [0.2, 0.25) is 0 Å². The predicted molar refractivity (Wildman–Crippen MR) is 80.2 cm³/mol. The Morgan fingerprint density at radius 1 is 1.32 bits per heavy atom. The predicted octanol–water partition coefficient (Wildman–Crippen LogP) is 3.83. The van der Waals surface area contributed by atoms with Crippen molar-refractivity contribution in [3.05, 3.63) is 17.5 Å². The van der Waals surface area contributed by atoms with Crippen LogP contribution in [0, 0.1) is 12.8 Å². The van der Waals surface area contributed by atoms with Gasteiger partial charge in [-0.05, 0) is 38.8 Å². The summed E-state index contributed by atoms with van der Waals surface area (Å²) in [6.07, 6.45) is 8.40. The Balaban J connectivity index is 2.09. The minimum atomic E-state index is 0.481. The van der Waals surface area contributed by atoms with Gasteiger partial charge in [-0.3, -0.25) is 4.68 Å². The number of aryl methyl sites for hydroxylation is 2. The summed E-state index contributed by atoms with van der Waals surface area (Å²) in [5.74, 6) is 0.901. The normalized spacial score (nSPS) is 18.7. The van der Waals surface area contributed by atoms with E-state index in [0.717, 1.165) is 24.7 Å². The molecule has 108 valence electrons. The molecule has 0 aromatic carbocycles. The van der Waals surface area contributed by atoms with E-state index < -0.39 is 0 Å². The number of nitrogens with zero attached hydrogens (tertiary/aromatic N) is 2. The number of rotatable bonds is 6. The molecule has 2 rings (SSSR count). The fraction of sp³-hybridized carbons (Fsp3) is 0.812. The van der Waals surface area contributed by atoms with Crippen LogP contribution in [0.5, 0.6) is 0 Å². The van der Waals surface area contributed by atoms with Crippen LogP contribution in [-0.2, 0) is 6.54 Å². The van der Waals surface area contributed by atoms with Crippen molar-refractivity contribution in [1.82, 2.24) is 15.1 Å². The molecule has 1 atom stereocenters. The second-order valence-corrected chi connectivity index (χ2v) is 5.88. The van der Waals surface area contributed by atoms with Gasteiger partial charge in [0.05, 0.1) is 11.4 Å². The van der Waals surface area contributed by atoms with Gasteiger partial charge >= 0.3 is 0 Å². The third-order valence-corrected chi connectivity index (χ3v) is 4.33. The molecule has 19 heavy (non-hydrogen) atoms. The molecule has 1 aromatic rings. The van der Waals surface area contributed by atoms with Crippen molar-refractivity contribution in [2.75, 3.05) is 6.54 Å². The highest BCUT2D eigenvalue weighted by Crippen LogP contribution is 2.32. The van der Waals surface area contributed by atoms with E-state index in [1.54, 1.807) is 0 Å². The van der Waals surface area contributed by atoms with E-state index in [-0.39, 0.29) is 0 Å². The third-order valence-electron chi connectivity index (χ3n) is 4.33. The summed E-state index contributed by atoms with van der Waals surface area (Å²) in [7, 11) is 0. The average molecular weight is 263 g/mol. The molecule has 3 nitrogen and oxygen atoms in total. The van der Waals surface area contributed by atoms with Crippen LogP contribution in [0.25, 0.3) is 0 Å². The summed E-state index contributed by atoms with van der Waals surface area (Å²) in [5, 5.41) is 8.28. The monoisotopic (exact) mass is 263 g/mol. The number of aromatic nitrogens is 2. The van der Waals surface area contributed by atoms with Crippen molar-refractivity contribution >= 4 is 0 Å². The topological polar surface area (TPSA) is 29.9 Å². The van der Waals surface area contributed by atoms with Gasteiger partial charge in [0.15, 0.2) is 0 Å². The molecule has 0 amide bonds. The average Bonchev–Trinajstić information content (AvgIpc) is 2.80. The molecule has 1 aliphatic carbocycles. The van der Waals surface area contributed by atoms with Gasteiger partial charge in [-0.15, -0.1) is 0 Å². The molecule has 1 unspecified atom stereocenters. The zero-order valence-electron chi connectivity index (χ0n) is 12.8. The molecular weight excluding hydrogens is 234 g/mol. The Morgan fingerprint density at radius 3 is 2.68 bits per heavy atom. The first-order chi connectivity index (χ1) is 9.24. The molecular formula is C16H29N3. The standard InChI is InChI=1S/C16H29N3/c1-4-17-15(12-14-9-7-6-8-10-14)16-11-13(3)18-19(16)5-2/h11,14-15,17H,4-10,12H2,1-3H3. The minimum Gasteiger partial charge on any atom is -0.309 e.